The van der Waals surface area contributed by atoms with Crippen LogP contribution in [-0.2, 0) is 25.7 Å². The number of hydrogen-bond donors (Lipinski definition) is 1. The zero-order chi connectivity index (χ0) is 19.9. The Bertz CT molecular complexity index is 686. The molecule has 7 nitrogen and oxygen atoms in total. The summed E-state index contributed by atoms with van der Waals surface area (Å²) in [6.45, 7) is 2.70. The van der Waals surface area contributed by atoms with E-state index in [1.807, 2.05) is 35.2 Å². The topological polar surface area (TPSA) is 79.0 Å². The fourth-order valence-electron chi connectivity index (χ4n) is 3.89. The molecule has 1 aromatic carbocycles. The first-order valence-corrected chi connectivity index (χ1v) is 9.95. The third-order valence-electron chi connectivity index (χ3n) is 5.48. The van der Waals surface area contributed by atoms with Crippen LogP contribution in [0.4, 0.5) is 0 Å². The van der Waals surface area contributed by atoms with Crippen LogP contribution in [0.1, 0.15) is 31.2 Å². The van der Waals surface area contributed by atoms with Gasteiger partial charge in [-0.15, -0.1) is 0 Å². The van der Waals surface area contributed by atoms with Gasteiger partial charge < -0.3 is 19.9 Å². The number of hydrogen-bond acceptors (Lipinski definition) is 4. The smallest absolute Gasteiger partial charge is 0.227 e. The van der Waals surface area contributed by atoms with Gasteiger partial charge in [0.05, 0.1) is 12.5 Å². The van der Waals surface area contributed by atoms with Crippen LogP contribution < -0.4 is 5.32 Å². The van der Waals surface area contributed by atoms with Gasteiger partial charge in [-0.1, -0.05) is 30.3 Å². The molecule has 3 amide bonds. The number of benzene rings is 1. The molecule has 0 aromatic heterocycles. The van der Waals surface area contributed by atoms with Crippen LogP contribution in [0.25, 0.3) is 0 Å². The number of rotatable bonds is 7. The lowest BCUT2D eigenvalue weighted by Gasteiger charge is -2.33. The quantitative estimate of drug-likeness (QED) is 0.762. The molecule has 2 aliphatic rings. The molecular weight excluding hydrogens is 358 g/mol. The highest BCUT2D eigenvalue weighted by Crippen LogP contribution is 2.24. The van der Waals surface area contributed by atoms with E-state index in [4.69, 9.17) is 4.74 Å². The fraction of sp³-hybridized carbons (Fsp3) is 0.571. The van der Waals surface area contributed by atoms with E-state index in [9.17, 15) is 14.4 Å². The summed E-state index contributed by atoms with van der Waals surface area (Å²) in [4.78, 5) is 40.6. The average Bonchev–Trinajstić information content (AvgIpc) is 3.07. The summed E-state index contributed by atoms with van der Waals surface area (Å²) >= 11 is 0. The van der Waals surface area contributed by atoms with Gasteiger partial charge in [0.15, 0.2) is 0 Å². The molecule has 0 saturated carbocycles. The van der Waals surface area contributed by atoms with Crippen molar-refractivity contribution in [3.63, 3.8) is 0 Å². The van der Waals surface area contributed by atoms with Crippen molar-refractivity contribution in [3.05, 3.63) is 35.9 Å². The van der Waals surface area contributed by atoms with E-state index < -0.39 is 0 Å². The molecule has 0 radical (unpaired) electrons. The maximum atomic E-state index is 12.9. The Labute approximate surface area is 166 Å². The van der Waals surface area contributed by atoms with Crippen molar-refractivity contribution in [2.24, 2.45) is 5.92 Å². The van der Waals surface area contributed by atoms with Gasteiger partial charge >= 0.3 is 0 Å². The van der Waals surface area contributed by atoms with E-state index in [1.165, 1.54) is 0 Å². The van der Waals surface area contributed by atoms with Crippen LogP contribution in [0.15, 0.2) is 30.3 Å². The largest absolute Gasteiger partial charge is 0.384 e. The number of methoxy groups -OCH3 is 1. The molecule has 0 spiro atoms. The van der Waals surface area contributed by atoms with E-state index in [0.717, 1.165) is 18.4 Å². The second-order valence-electron chi connectivity index (χ2n) is 7.57. The van der Waals surface area contributed by atoms with Crippen LogP contribution in [0.2, 0.25) is 0 Å². The third kappa shape index (κ3) is 5.32. The molecule has 1 aromatic rings. The molecule has 7 heteroatoms. The predicted octanol–water partition coefficient (Wildman–Crippen LogP) is 1.18. The van der Waals surface area contributed by atoms with Crippen molar-refractivity contribution in [2.75, 3.05) is 33.4 Å². The summed E-state index contributed by atoms with van der Waals surface area (Å²) in [6.07, 6.45) is 2.15. The predicted molar refractivity (Wildman–Crippen MR) is 104 cm³/mol. The van der Waals surface area contributed by atoms with Crippen molar-refractivity contribution >= 4 is 17.7 Å². The molecule has 0 bridgehead atoms. The van der Waals surface area contributed by atoms with Crippen LogP contribution in [-0.4, -0.2) is 66.9 Å². The Morgan fingerprint density at radius 1 is 1.18 bits per heavy atom. The summed E-state index contributed by atoms with van der Waals surface area (Å²) in [5.74, 6) is -0.163. The van der Waals surface area contributed by atoms with Crippen molar-refractivity contribution in [1.82, 2.24) is 15.1 Å². The first-order valence-electron chi connectivity index (χ1n) is 9.95. The zero-order valence-electron chi connectivity index (χ0n) is 16.4. The number of likely N-dealkylation sites (tertiary alicyclic amines) is 2. The normalized spacial score (nSPS) is 20.5. The lowest BCUT2D eigenvalue weighted by Crippen LogP contribution is -2.48. The second kappa shape index (κ2) is 9.68. The Balaban J connectivity index is 1.45. The Kier molecular flexibility index (Phi) is 7.03. The summed E-state index contributed by atoms with van der Waals surface area (Å²) in [5, 5.41) is 3.00. The monoisotopic (exact) mass is 387 g/mol. The second-order valence-corrected chi connectivity index (χ2v) is 7.57. The van der Waals surface area contributed by atoms with E-state index in [2.05, 4.69) is 5.32 Å². The van der Waals surface area contributed by atoms with Crippen LogP contribution >= 0.6 is 0 Å². The number of nitrogens with zero attached hydrogens (tertiary/aromatic N) is 2. The van der Waals surface area contributed by atoms with Gasteiger partial charge in [-0.3, -0.25) is 14.4 Å². The van der Waals surface area contributed by atoms with Gasteiger partial charge in [0.1, 0.15) is 0 Å². The minimum Gasteiger partial charge on any atom is -0.384 e. The first kappa shape index (κ1) is 20.3. The molecule has 2 saturated heterocycles. The maximum Gasteiger partial charge on any atom is 0.227 e. The Hall–Kier alpha value is -2.41. The van der Waals surface area contributed by atoms with Gasteiger partial charge in [-0.25, -0.2) is 0 Å². The van der Waals surface area contributed by atoms with Crippen molar-refractivity contribution in [1.29, 1.82) is 0 Å². The van der Waals surface area contributed by atoms with Crippen LogP contribution in [0, 0.1) is 5.92 Å². The summed E-state index contributed by atoms with van der Waals surface area (Å²) in [6, 6.07) is 9.95. The van der Waals surface area contributed by atoms with Gasteiger partial charge in [-0.05, 0) is 18.4 Å². The van der Waals surface area contributed by atoms with Crippen molar-refractivity contribution in [2.45, 2.75) is 38.3 Å². The standard InChI is InChI=1S/C21H29N3O4/c1-28-12-9-19(25)22-18-7-10-23(11-8-18)21(27)17-13-20(26)24(15-17)14-16-5-3-2-4-6-16/h2-6,17-18H,7-15H2,1H3,(H,22,25). The number of piperidine rings is 1. The average molecular weight is 387 g/mol. The molecular formula is C21H29N3O4. The van der Waals surface area contributed by atoms with Gasteiger partial charge in [0.2, 0.25) is 17.7 Å². The minimum absolute atomic E-state index is 0.00966. The minimum atomic E-state index is -0.260. The molecule has 2 heterocycles. The number of amides is 3. The molecule has 2 aliphatic heterocycles. The lowest BCUT2D eigenvalue weighted by molar-refractivity contribution is -0.137. The number of ether oxygens (including phenoxy) is 1. The highest BCUT2D eigenvalue weighted by Gasteiger charge is 2.37. The highest BCUT2D eigenvalue weighted by atomic mass is 16.5. The maximum absolute atomic E-state index is 12.9. The molecule has 1 N–H and O–H groups in total. The van der Waals surface area contributed by atoms with Crippen LogP contribution in [0.5, 0.6) is 0 Å². The molecule has 152 valence electrons. The van der Waals surface area contributed by atoms with E-state index in [1.54, 1.807) is 12.0 Å². The molecule has 28 heavy (non-hydrogen) atoms. The number of carbonyl (C=O) groups excluding carboxylic acids is 3. The summed E-state index contributed by atoms with van der Waals surface area (Å²) < 4.78 is 4.92. The zero-order valence-corrected chi connectivity index (χ0v) is 16.4. The van der Waals surface area contributed by atoms with Gasteiger partial charge in [0, 0.05) is 52.2 Å². The third-order valence-corrected chi connectivity index (χ3v) is 5.48. The summed E-state index contributed by atoms with van der Waals surface area (Å²) in [7, 11) is 1.58. The molecule has 1 unspecified atom stereocenters. The van der Waals surface area contributed by atoms with E-state index >= 15 is 0 Å². The SMILES string of the molecule is COCCC(=O)NC1CCN(C(=O)C2CC(=O)N(Cc3ccccc3)C2)CC1. The van der Waals surface area contributed by atoms with Gasteiger partial charge in [0.25, 0.3) is 0 Å². The lowest BCUT2D eigenvalue weighted by atomic mass is 10.0. The fourth-order valence-corrected chi connectivity index (χ4v) is 3.89. The van der Waals surface area contributed by atoms with E-state index in [0.29, 0.717) is 45.6 Å². The highest BCUT2D eigenvalue weighted by molar-refractivity contribution is 5.89. The first-order chi connectivity index (χ1) is 13.6. The molecule has 1 atom stereocenters. The van der Waals surface area contributed by atoms with Gasteiger partial charge in [-0.2, -0.15) is 0 Å². The van der Waals surface area contributed by atoms with Crippen LogP contribution in [0.3, 0.4) is 0 Å². The summed E-state index contributed by atoms with van der Waals surface area (Å²) in [5.41, 5.74) is 1.08. The molecule has 0 aliphatic carbocycles. The Morgan fingerprint density at radius 3 is 2.57 bits per heavy atom. The molecule has 2 fully saturated rings. The number of nitrogens with one attached hydrogen (secondary N) is 1. The Morgan fingerprint density at radius 2 is 1.89 bits per heavy atom. The van der Waals surface area contributed by atoms with Crippen molar-refractivity contribution in [3.8, 4) is 0 Å². The van der Waals surface area contributed by atoms with Crippen molar-refractivity contribution < 1.29 is 19.1 Å². The number of carbonyl (C=O) groups is 3. The molecule has 3 rings (SSSR count). The van der Waals surface area contributed by atoms with E-state index in [-0.39, 0.29) is 29.7 Å².